The molecule has 0 aliphatic carbocycles. The molecule has 6 aromatic rings. The summed E-state index contributed by atoms with van der Waals surface area (Å²) in [5.74, 6) is -0.902. The van der Waals surface area contributed by atoms with Crippen molar-refractivity contribution in [2.24, 2.45) is 0 Å². The highest BCUT2D eigenvalue weighted by Crippen LogP contribution is 2.27. The third-order valence-electron chi connectivity index (χ3n) is 10.2. The number of anilines is 3. The molecule has 0 bridgehead atoms. The number of aromatic nitrogens is 4. The topological polar surface area (TPSA) is 99.7 Å². The Morgan fingerprint density at radius 3 is 1.60 bits per heavy atom. The lowest BCUT2D eigenvalue weighted by molar-refractivity contribution is 0.0685. The monoisotopic (exact) mass is 805 g/mol. The lowest BCUT2D eigenvalue weighted by Gasteiger charge is -2.25. The van der Waals surface area contributed by atoms with E-state index in [4.69, 9.17) is 4.98 Å². The molecule has 2 saturated heterocycles. The fourth-order valence-corrected chi connectivity index (χ4v) is 8.88. The fourth-order valence-electron chi connectivity index (χ4n) is 7.14. The Balaban J connectivity index is 0.000000166. The van der Waals surface area contributed by atoms with Gasteiger partial charge in [0.15, 0.2) is 10.3 Å². The predicted octanol–water partition coefficient (Wildman–Crippen LogP) is 9.81. The molecule has 0 saturated carbocycles. The molecule has 10 nitrogen and oxygen atoms in total. The minimum Gasteiger partial charge on any atom is -0.477 e. The highest BCUT2D eigenvalue weighted by Gasteiger charge is 2.20. The van der Waals surface area contributed by atoms with Crippen molar-refractivity contribution in [1.29, 1.82) is 0 Å². The molecule has 0 unspecified atom stereocenters. The van der Waals surface area contributed by atoms with Crippen LogP contribution < -0.4 is 14.7 Å². The molecule has 2 aromatic carbocycles. The van der Waals surface area contributed by atoms with Crippen molar-refractivity contribution in [3.05, 3.63) is 135 Å². The van der Waals surface area contributed by atoms with Crippen molar-refractivity contribution in [1.82, 2.24) is 19.1 Å². The Bertz CT molecular complexity index is 2160. The number of carboxylic acid groups (broad SMARTS) is 1. The molecule has 6 heterocycles. The van der Waals surface area contributed by atoms with Gasteiger partial charge in [-0.3, -0.25) is 4.79 Å². The quantitative estimate of drug-likeness (QED) is 0.147. The van der Waals surface area contributed by atoms with Crippen LogP contribution >= 0.6 is 22.7 Å². The lowest BCUT2D eigenvalue weighted by Crippen LogP contribution is -2.29. The third-order valence-corrected chi connectivity index (χ3v) is 12.1. The van der Waals surface area contributed by atoms with Crippen LogP contribution in [0.3, 0.4) is 0 Å². The summed E-state index contributed by atoms with van der Waals surface area (Å²) in [6.45, 7) is 11.6. The first kappa shape index (κ1) is 41.4. The molecule has 2 fully saturated rings. The van der Waals surface area contributed by atoms with E-state index in [-0.39, 0.29) is 5.91 Å². The molecule has 8 rings (SSSR count). The van der Waals surface area contributed by atoms with Gasteiger partial charge in [-0.1, -0.05) is 55.5 Å². The Hall–Kier alpha value is -5.20. The van der Waals surface area contributed by atoms with E-state index in [1.54, 1.807) is 38.2 Å². The number of aromatic carboxylic acids is 1. The minimum atomic E-state index is -0.894. The van der Waals surface area contributed by atoms with E-state index in [1.165, 1.54) is 44.1 Å². The summed E-state index contributed by atoms with van der Waals surface area (Å²) >= 11 is 3.36. The van der Waals surface area contributed by atoms with E-state index < -0.39 is 5.97 Å². The number of amides is 1. The van der Waals surface area contributed by atoms with Crippen molar-refractivity contribution in [3.63, 3.8) is 0 Å². The van der Waals surface area contributed by atoms with Gasteiger partial charge >= 0.3 is 5.97 Å². The Labute approximate surface area is 345 Å². The summed E-state index contributed by atoms with van der Waals surface area (Å²) in [5.41, 5.74) is 7.29. The van der Waals surface area contributed by atoms with Crippen molar-refractivity contribution in [2.75, 3.05) is 47.9 Å². The normalized spacial score (nSPS) is 14.0. The molecule has 0 spiro atoms. The first-order chi connectivity index (χ1) is 27.7. The molecule has 2 aliphatic rings. The molecule has 12 heteroatoms. The number of benzene rings is 2. The maximum atomic E-state index is 13.1. The van der Waals surface area contributed by atoms with Gasteiger partial charge in [-0.2, -0.15) is 0 Å². The Morgan fingerprint density at radius 2 is 1.14 bits per heavy atom. The average molecular weight is 806 g/mol. The molecule has 4 aromatic heterocycles. The van der Waals surface area contributed by atoms with Crippen molar-refractivity contribution < 1.29 is 14.7 Å². The van der Waals surface area contributed by atoms with Crippen LogP contribution in [0.2, 0.25) is 0 Å². The first-order valence-corrected chi connectivity index (χ1v) is 21.8. The van der Waals surface area contributed by atoms with Gasteiger partial charge in [0.05, 0.1) is 24.5 Å². The van der Waals surface area contributed by atoms with Gasteiger partial charge in [-0.25, -0.2) is 14.8 Å². The van der Waals surface area contributed by atoms with Crippen LogP contribution in [0.5, 0.6) is 0 Å². The van der Waals surface area contributed by atoms with Gasteiger partial charge in [-0.05, 0) is 99.7 Å². The largest absolute Gasteiger partial charge is 0.477 e. The zero-order chi connectivity index (χ0) is 40.1. The van der Waals surface area contributed by atoms with Crippen LogP contribution in [-0.4, -0.2) is 69.3 Å². The van der Waals surface area contributed by atoms with Crippen LogP contribution in [-0.2, 0) is 19.5 Å². The van der Waals surface area contributed by atoms with E-state index in [1.807, 2.05) is 85.7 Å². The number of nitrogens with zero attached hydrogens (tertiary/aromatic N) is 7. The zero-order valence-electron chi connectivity index (χ0n) is 33.6. The highest BCUT2D eigenvalue weighted by molar-refractivity contribution is 7.14. The number of piperidine rings is 2. The van der Waals surface area contributed by atoms with Crippen LogP contribution in [0.25, 0.3) is 0 Å². The van der Waals surface area contributed by atoms with Gasteiger partial charge in [0.1, 0.15) is 11.4 Å². The fraction of sp³-hybridized carbons (Fsp3) is 0.378. The number of aryl methyl sites for hydroxylation is 3. The summed E-state index contributed by atoms with van der Waals surface area (Å²) in [5, 5.41) is 15.5. The number of carbonyl (C=O) groups is 2. The molecule has 2 aliphatic heterocycles. The molecule has 1 amide bonds. The van der Waals surface area contributed by atoms with E-state index in [0.29, 0.717) is 24.5 Å². The molecule has 0 atom stereocenters. The van der Waals surface area contributed by atoms with Crippen LogP contribution in [0.1, 0.15) is 94.5 Å². The zero-order valence-corrected chi connectivity index (χ0v) is 35.3. The standard InChI is InChI=1S/C22H26N4OS.C15H19N3O2S.C8H10/c1-17-13-20(21(27)24(2)19-9-5-3-6-10-19)26(14-17)15-18-16-28-22(23-18)25-11-7-4-8-12-25;1-11-7-13(14(19)20)18(8-11)9-12-10-21-15(16-12)17-5-3-2-4-6-17;1-2-8-6-4-3-5-7-8/h3,5-6,9-10,13-14,16H,4,7-8,11-12,15H2,1-2H3;7-8,10H,2-6,9H2,1H3,(H,19,20);3-7H,2H2,1H3. The molecular formula is C45H55N7O3S2. The van der Waals surface area contributed by atoms with Gasteiger partial charge in [0.25, 0.3) is 5.91 Å². The molecule has 1 N–H and O–H groups in total. The number of rotatable bonds is 10. The number of para-hydroxylation sites is 1. The maximum absolute atomic E-state index is 13.1. The second kappa shape index (κ2) is 20.3. The van der Waals surface area contributed by atoms with Gasteiger partial charge in [0, 0.05) is 62.1 Å². The average Bonchev–Trinajstić information content (AvgIpc) is 4.07. The SMILES string of the molecule is CCc1ccccc1.Cc1cc(C(=O)N(C)c2ccccc2)n(Cc2csc(N3CCCCC3)n2)c1.Cc1cc(C(=O)O)n(Cc2csc(N3CCCCC3)n2)c1. The van der Waals surface area contributed by atoms with Gasteiger partial charge < -0.3 is 28.9 Å². The summed E-state index contributed by atoms with van der Waals surface area (Å²) in [6, 6.07) is 23.8. The maximum Gasteiger partial charge on any atom is 0.352 e. The predicted molar refractivity (Wildman–Crippen MR) is 235 cm³/mol. The molecule has 57 heavy (non-hydrogen) atoms. The van der Waals surface area contributed by atoms with Gasteiger partial charge in [0.2, 0.25) is 0 Å². The molecule has 0 radical (unpaired) electrons. The van der Waals surface area contributed by atoms with Crippen molar-refractivity contribution >= 4 is 50.5 Å². The summed E-state index contributed by atoms with van der Waals surface area (Å²) in [7, 11) is 1.82. The number of hydrogen-bond donors (Lipinski definition) is 1. The number of carboxylic acids is 1. The summed E-state index contributed by atoms with van der Waals surface area (Å²) in [4.78, 5) is 40.3. The lowest BCUT2D eigenvalue weighted by atomic mass is 10.1. The smallest absolute Gasteiger partial charge is 0.352 e. The minimum absolute atomic E-state index is 0.00853. The van der Waals surface area contributed by atoms with E-state index in [0.717, 1.165) is 71.1 Å². The Kier molecular flexibility index (Phi) is 14.7. The Morgan fingerprint density at radius 1 is 0.684 bits per heavy atom. The number of carbonyl (C=O) groups excluding carboxylic acids is 1. The highest BCUT2D eigenvalue weighted by atomic mass is 32.1. The van der Waals surface area contributed by atoms with Gasteiger partial charge in [-0.15, -0.1) is 22.7 Å². The van der Waals surface area contributed by atoms with Crippen LogP contribution in [0.4, 0.5) is 16.0 Å². The second-order valence-electron chi connectivity index (χ2n) is 14.7. The molecular weight excluding hydrogens is 751 g/mol. The van der Waals surface area contributed by atoms with Crippen molar-refractivity contribution in [2.45, 2.75) is 78.8 Å². The van der Waals surface area contributed by atoms with Crippen LogP contribution in [0.15, 0.2) is 96.0 Å². The summed E-state index contributed by atoms with van der Waals surface area (Å²) in [6.07, 6.45) is 12.6. The first-order valence-electron chi connectivity index (χ1n) is 20.0. The summed E-state index contributed by atoms with van der Waals surface area (Å²) < 4.78 is 3.78. The second-order valence-corrected chi connectivity index (χ2v) is 16.4. The third kappa shape index (κ3) is 11.4. The van der Waals surface area contributed by atoms with Crippen molar-refractivity contribution in [3.8, 4) is 0 Å². The van der Waals surface area contributed by atoms with E-state index in [9.17, 15) is 14.7 Å². The number of thiazole rings is 2. The van der Waals surface area contributed by atoms with Crippen LogP contribution in [0, 0.1) is 13.8 Å². The number of hydrogen-bond acceptors (Lipinski definition) is 8. The molecule has 300 valence electrons. The van der Waals surface area contributed by atoms with E-state index in [2.05, 4.69) is 51.4 Å². The van der Waals surface area contributed by atoms with E-state index >= 15 is 0 Å².